The lowest BCUT2D eigenvalue weighted by atomic mass is 10.0. The Morgan fingerprint density at radius 1 is 1.06 bits per heavy atom. The molecule has 0 atom stereocenters. The van der Waals surface area contributed by atoms with Gasteiger partial charge >= 0.3 is 12.0 Å². The zero-order valence-electron chi connectivity index (χ0n) is 19.5. The minimum Gasteiger partial charge on any atom is -0.462 e. The van der Waals surface area contributed by atoms with E-state index in [1.807, 2.05) is 10.7 Å². The van der Waals surface area contributed by atoms with Crippen LogP contribution in [-0.2, 0) is 4.74 Å². The van der Waals surface area contributed by atoms with E-state index in [1.165, 1.54) is 4.90 Å². The number of likely N-dealkylation sites (tertiary alicyclic amines) is 1. The van der Waals surface area contributed by atoms with E-state index in [1.54, 1.807) is 62.3 Å². The van der Waals surface area contributed by atoms with Gasteiger partial charge in [-0.3, -0.25) is 4.79 Å². The molecule has 10 heteroatoms. The van der Waals surface area contributed by atoms with Gasteiger partial charge in [0.25, 0.3) is 5.91 Å². The molecule has 0 spiro atoms. The zero-order chi connectivity index (χ0) is 24.2. The second-order valence-electron chi connectivity index (χ2n) is 8.38. The van der Waals surface area contributed by atoms with Gasteiger partial charge in [-0.1, -0.05) is 5.21 Å². The lowest BCUT2D eigenvalue weighted by Gasteiger charge is -2.32. The van der Waals surface area contributed by atoms with Crippen LogP contribution in [0.3, 0.4) is 0 Å². The molecule has 0 saturated carbocycles. The van der Waals surface area contributed by atoms with E-state index in [9.17, 15) is 14.4 Å². The van der Waals surface area contributed by atoms with Crippen molar-refractivity contribution in [3.8, 4) is 0 Å². The number of rotatable bonds is 5. The maximum Gasteiger partial charge on any atom is 0.338 e. The number of hydrogen-bond donors (Lipinski definition) is 1. The zero-order valence-corrected chi connectivity index (χ0v) is 19.5. The first-order valence-electron chi connectivity index (χ1n) is 11.3. The molecule has 1 N–H and O–H groups in total. The number of benzene rings is 2. The first kappa shape index (κ1) is 23.2. The minimum atomic E-state index is -0.386. The number of carbonyl (C=O) groups excluding carboxylic acids is 3. The fraction of sp³-hybridized carbons (Fsp3) is 0.375. The largest absolute Gasteiger partial charge is 0.462 e. The summed E-state index contributed by atoms with van der Waals surface area (Å²) in [5.74, 6) is -0.463. The Morgan fingerprint density at radius 3 is 2.38 bits per heavy atom. The first-order chi connectivity index (χ1) is 16.4. The molecule has 3 amide bonds. The highest BCUT2D eigenvalue weighted by Gasteiger charge is 2.26. The lowest BCUT2D eigenvalue weighted by Crippen LogP contribution is -2.41. The second kappa shape index (κ2) is 9.90. The summed E-state index contributed by atoms with van der Waals surface area (Å²) >= 11 is 0. The van der Waals surface area contributed by atoms with Crippen molar-refractivity contribution in [3.63, 3.8) is 0 Å². The van der Waals surface area contributed by atoms with E-state index in [-0.39, 0.29) is 23.9 Å². The number of nitrogens with zero attached hydrogens (tertiary/aromatic N) is 5. The third kappa shape index (κ3) is 4.85. The Bertz CT molecular complexity index is 1200. The second-order valence-corrected chi connectivity index (χ2v) is 8.38. The van der Waals surface area contributed by atoms with Gasteiger partial charge in [0.05, 0.1) is 23.7 Å². The summed E-state index contributed by atoms with van der Waals surface area (Å²) in [4.78, 5) is 40.0. The fourth-order valence-corrected chi connectivity index (χ4v) is 4.02. The molecule has 1 fully saturated rings. The number of hydrogen-bond acceptors (Lipinski definition) is 6. The number of anilines is 1. The van der Waals surface area contributed by atoms with Crippen molar-refractivity contribution in [2.75, 3.05) is 39.1 Å². The van der Waals surface area contributed by atoms with E-state index >= 15 is 0 Å². The normalized spacial score (nSPS) is 14.1. The van der Waals surface area contributed by atoms with Crippen molar-refractivity contribution < 1.29 is 19.1 Å². The van der Waals surface area contributed by atoms with Gasteiger partial charge in [0.2, 0.25) is 0 Å². The van der Waals surface area contributed by atoms with Gasteiger partial charge in [-0.2, -0.15) is 0 Å². The van der Waals surface area contributed by atoms with Crippen molar-refractivity contribution in [3.05, 3.63) is 53.6 Å². The van der Waals surface area contributed by atoms with E-state index in [0.29, 0.717) is 42.0 Å². The molecule has 1 aliphatic heterocycles. The number of amides is 3. The molecule has 1 aromatic heterocycles. The summed E-state index contributed by atoms with van der Waals surface area (Å²) in [5, 5.41) is 11.5. The number of nitrogens with one attached hydrogen (secondary N) is 1. The van der Waals surface area contributed by atoms with Crippen LogP contribution in [0, 0.1) is 0 Å². The van der Waals surface area contributed by atoms with Crippen molar-refractivity contribution in [1.82, 2.24) is 24.8 Å². The van der Waals surface area contributed by atoms with Gasteiger partial charge in [-0.15, -0.1) is 5.10 Å². The topological polar surface area (TPSA) is 110 Å². The van der Waals surface area contributed by atoms with E-state index < -0.39 is 0 Å². The highest BCUT2D eigenvalue weighted by molar-refractivity contribution is 5.97. The molecule has 2 heterocycles. The summed E-state index contributed by atoms with van der Waals surface area (Å²) < 4.78 is 6.87. The molecule has 3 aromatic rings. The van der Waals surface area contributed by atoms with Crippen LogP contribution in [0.15, 0.2) is 42.5 Å². The Balaban J connectivity index is 1.36. The summed E-state index contributed by atoms with van der Waals surface area (Å²) in [5.41, 5.74) is 3.19. The summed E-state index contributed by atoms with van der Waals surface area (Å²) in [6, 6.07) is 12.0. The highest BCUT2D eigenvalue weighted by Crippen LogP contribution is 2.26. The number of aromatic nitrogens is 3. The summed E-state index contributed by atoms with van der Waals surface area (Å²) in [6.07, 6.45) is 1.48. The maximum absolute atomic E-state index is 12.7. The molecule has 0 radical (unpaired) electrons. The van der Waals surface area contributed by atoms with Crippen LogP contribution in [0.2, 0.25) is 0 Å². The van der Waals surface area contributed by atoms with Gasteiger partial charge in [0.1, 0.15) is 5.52 Å². The van der Waals surface area contributed by atoms with E-state index in [0.717, 1.165) is 18.4 Å². The van der Waals surface area contributed by atoms with Crippen LogP contribution in [0.4, 0.5) is 10.5 Å². The molecule has 34 heavy (non-hydrogen) atoms. The van der Waals surface area contributed by atoms with E-state index in [2.05, 4.69) is 15.6 Å². The molecular weight excluding hydrogens is 436 g/mol. The molecule has 178 valence electrons. The van der Waals surface area contributed by atoms with Crippen LogP contribution in [-0.4, -0.2) is 76.5 Å². The summed E-state index contributed by atoms with van der Waals surface area (Å²) in [6.45, 7) is 3.23. The molecular formula is C24H28N6O4. The highest BCUT2D eigenvalue weighted by atomic mass is 16.5. The Morgan fingerprint density at radius 2 is 1.74 bits per heavy atom. The average Bonchev–Trinajstić information content (AvgIpc) is 3.27. The smallest absolute Gasteiger partial charge is 0.338 e. The first-order valence-corrected chi connectivity index (χ1v) is 11.3. The lowest BCUT2D eigenvalue weighted by molar-refractivity contribution is 0.0526. The van der Waals surface area contributed by atoms with Gasteiger partial charge in [-0.05, 0) is 62.2 Å². The van der Waals surface area contributed by atoms with Crippen LogP contribution < -0.4 is 5.32 Å². The SMILES string of the molecule is CCOC(=O)c1ccc(NC(=O)N2CCC(n3nnc4cc(C(=O)N(C)C)ccc43)CC2)cc1. The number of piperidine rings is 1. The van der Waals surface area contributed by atoms with Gasteiger partial charge in [-0.25, -0.2) is 14.3 Å². The quantitative estimate of drug-likeness (QED) is 0.581. The number of esters is 1. The van der Waals surface area contributed by atoms with Crippen LogP contribution in [0.25, 0.3) is 11.0 Å². The van der Waals surface area contributed by atoms with Crippen LogP contribution >= 0.6 is 0 Å². The molecule has 1 aliphatic rings. The standard InChI is InChI=1S/C24H28N6O4/c1-4-34-23(32)16-5-8-18(9-6-16)25-24(33)29-13-11-19(12-14-29)30-21-10-7-17(22(31)28(2)3)15-20(21)26-27-30/h5-10,15,19H,4,11-14H2,1-3H3,(H,25,33). The number of carbonyl (C=O) groups is 3. The van der Waals surface area contributed by atoms with Crippen molar-refractivity contribution >= 4 is 34.6 Å². The molecule has 0 bridgehead atoms. The van der Waals surface area contributed by atoms with Crippen LogP contribution in [0.5, 0.6) is 0 Å². The maximum atomic E-state index is 12.7. The monoisotopic (exact) mass is 464 g/mol. The van der Waals surface area contributed by atoms with Crippen molar-refractivity contribution in [1.29, 1.82) is 0 Å². The molecule has 1 saturated heterocycles. The van der Waals surface area contributed by atoms with Gasteiger partial charge in [0, 0.05) is 38.4 Å². The predicted octanol–water partition coefficient (Wildman–Crippen LogP) is 3.18. The molecule has 2 aromatic carbocycles. The molecule has 4 rings (SSSR count). The predicted molar refractivity (Wildman–Crippen MR) is 127 cm³/mol. The third-order valence-corrected chi connectivity index (χ3v) is 5.87. The Hall–Kier alpha value is -3.95. The summed E-state index contributed by atoms with van der Waals surface area (Å²) in [7, 11) is 3.43. The molecule has 10 nitrogen and oxygen atoms in total. The Kier molecular flexibility index (Phi) is 6.76. The Labute approximate surface area is 197 Å². The van der Waals surface area contributed by atoms with Gasteiger partial charge < -0.3 is 19.9 Å². The average molecular weight is 465 g/mol. The number of ether oxygens (including phenoxy) is 1. The molecule has 0 aliphatic carbocycles. The van der Waals surface area contributed by atoms with Crippen LogP contribution in [0.1, 0.15) is 46.5 Å². The molecule has 0 unspecified atom stereocenters. The fourth-order valence-electron chi connectivity index (χ4n) is 4.02. The third-order valence-electron chi connectivity index (χ3n) is 5.87. The van der Waals surface area contributed by atoms with Crippen molar-refractivity contribution in [2.24, 2.45) is 0 Å². The number of fused-ring (bicyclic) bond motifs is 1. The minimum absolute atomic E-state index is 0.0775. The number of urea groups is 1. The van der Waals surface area contributed by atoms with Gasteiger partial charge in [0.15, 0.2) is 0 Å². The van der Waals surface area contributed by atoms with E-state index in [4.69, 9.17) is 4.74 Å². The van der Waals surface area contributed by atoms with Crippen molar-refractivity contribution in [2.45, 2.75) is 25.8 Å².